The van der Waals surface area contributed by atoms with E-state index in [9.17, 15) is 23.1 Å². The van der Waals surface area contributed by atoms with Gasteiger partial charge in [0.05, 0.1) is 11.0 Å². The highest BCUT2D eigenvalue weighted by molar-refractivity contribution is 7.89. The third kappa shape index (κ3) is 4.53. The van der Waals surface area contributed by atoms with Crippen LogP contribution < -0.4 is 5.32 Å². The second-order valence-corrected chi connectivity index (χ2v) is 8.23. The largest absolute Gasteiger partial charge is 0.451 e. The first-order valence-corrected chi connectivity index (χ1v) is 9.92. The number of hydrogen-bond donors (Lipinski definition) is 2. The molecule has 2 rings (SSSR count). The van der Waals surface area contributed by atoms with Crippen LogP contribution in [0.15, 0.2) is 29.2 Å². The minimum absolute atomic E-state index is 0.0504. The summed E-state index contributed by atoms with van der Waals surface area (Å²) in [6.45, 7) is 3.26. The highest BCUT2D eigenvalue weighted by Gasteiger charge is 2.45. The second kappa shape index (κ2) is 8.34. The molecule has 1 fully saturated rings. The third-order valence-corrected chi connectivity index (χ3v) is 6.08. The summed E-state index contributed by atoms with van der Waals surface area (Å²) in [6.07, 6.45) is -2.18. The van der Waals surface area contributed by atoms with Crippen LogP contribution in [-0.4, -0.2) is 61.0 Å². The molecule has 0 aliphatic carbocycles. The van der Waals surface area contributed by atoms with E-state index in [1.54, 1.807) is 6.92 Å². The van der Waals surface area contributed by atoms with Crippen molar-refractivity contribution in [2.75, 3.05) is 13.1 Å². The monoisotopic (exact) mass is 404 g/mol. The number of esters is 1. The standard InChI is InChI=1S/C16H21ClN2O6S/c1-3-18-15(21)10(2)25-16(22)14-8-12(20)9-19(14)26(23,24)13-6-4-11(17)5-7-13/h4-7,10,12,14,20H,3,8-9H2,1-2H3,(H,18,21)/t10-,12+,14-/m0/s1. The molecule has 1 saturated heterocycles. The van der Waals surface area contributed by atoms with Gasteiger partial charge in [-0.15, -0.1) is 0 Å². The van der Waals surface area contributed by atoms with Crippen molar-refractivity contribution in [2.45, 2.75) is 43.4 Å². The lowest BCUT2D eigenvalue weighted by atomic mass is 10.2. The Balaban J connectivity index is 2.20. The van der Waals surface area contributed by atoms with Gasteiger partial charge in [0, 0.05) is 24.5 Å². The number of β-amino-alcohol motifs (C(OH)–C–C–N with tert-alkyl or cyclic N) is 1. The van der Waals surface area contributed by atoms with E-state index in [0.717, 1.165) is 4.31 Å². The van der Waals surface area contributed by atoms with E-state index in [0.29, 0.717) is 11.6 Å². The molecule has 26 heavy (non-hydrogen) atoms. The van der Waals surface area contributed by atoms with Crippen LogP contribution in [-0.2, 0) is 24.3 Å². The summed E-state index contributed by atoms with van der Waals surface area (Å²) in [7, 11) is -4.04. The van der Waals surface area contributed by atoms with E-state index in [1.165, 1.54) is 31.2 Å². The summed E-state index contributed by atoms with van der Waals surface area (Å²) < 4.78 is 31.6. The van der Waals surface area contributed by atoms with Gasteiger partial charge in [0.2, 0.25) is 10.0 Å². The Morgan fingerprint density at radius 2 is 2.00 bits per heavy atom. The van der Waals surface area contributed by atoms with Gasteiger partial charge >= 0.3 is 5.97 Å². The summed E-state index contributed by atoms with van der Waals surface area (Å²) >= 11 is 5.78. The lowest BCUT2D eigenvalue weighted by Gasteiger charge is -2.23. The van der Waals surface area contributed by atoms with Crippen LogP contribution >= 0.6 is 11.6 Å². The zero-order valence-electron chi connectivity index (χ0n) is 14.4. The molecule has 0 unspecified atom stereocenters. The van der Waals surface area contributed by atoms with Gasteiger partial charge in [-0.3, -0.25) is 9.59 Å². The smallest absolute Gasteiger partial charge is 0.325 e. The highest BCUT2D eigenvalue weighted by atomic mass is 35.5. The number of amides is 1. The van der Waals surface area contributed by atoms with Crippen molar-refractivity contribution in [1.82, 2.24) is 9.62 Å². The van der Waals surface area contributed by atoms with Crippen molar-refractivity contribution in [3.63, 3.8) is 0 Å². The van der Waals surface area contributed by atoms with E-state index in [1.807, 2.05) is 0 Å². The van der Waals surface area contributed by atoms with Gasteiger partial charge in [0.25, 0.3) is 5.91 Å². The molecule has 0 aromatic heterocycles. The number of rotatable bonds is 6. The van der Waals surface area contributed by atoms with Gasteiger partial charge in [-0.05, 0) is 38.1 Å². The van der Waals surface area contributed by atoms with E-state index < -0.39 is 40.1 Å². The maximum Gasteiger partial charge on any atom is 0.325 e. The van der Waals surface area contributed by atoms with Crippen molar-refractivity contribution < 1.29 is 27.9 Å². The van der Waals surface area contributed by atoms with Gasteiger partial charge in [0.1, 0.15) is 6.04 Å². The van der Waals surface area contributed by atoms with Crippen LogP contribution in [0.1, 0.15) is 20.3 Å². The Labute approximate surface area is 157 Å². The van der Waals surface area contributed by atoms with Crippen molar-refractivity contribution in [3.05, 3.63) is 29.3 Å². The summed E-state index contributed by atoms with van der Waals surface area (Å²) in [5.74, 6) is -1.36. The number of likely N-dealkylation sites (N-methyl/N-ethyl adjacent to an activating group) is 1. The van der Waals surface area contributed by atoms with E-state index >= 15 is 0 Å². The van der Waals surface area contributed by atoms with Crippen molar-refractivity contribution in [1.29, 1.82) is 0 Å². The predicted octanol–water partition coefficient (Wildman–Crippen LogP) is 0.532. The van der Waals surface area contributed by atoms with E-state index in [-0.39, 0.29) is 17.9 Å². The SMILES string of the molecule is CCNC(=O)[C@H](C)OC(=O)[C@@H]1C[C@@H](O)CN1S(=O)(=O)c1ccc(Cl)cc1. The van der Waals surface area contributed by atoms with Crippen LogP contribution in [0.25, 0.3) is 0 Å². The molecule has 1 aromatic carbocycles. The lowest BCUT2D eigenvalue weighted by molar-refractivity contribution is -0.157. The molecule has 2 N–H and O–H groups in total. The molecular formula is C16H21ClN2O6S. The fourth-order valence-electron chi connectivity index (χ4n) is 2.63. The average Bonchev–Trinajstić information content (AvgIpc) is 2.98. The van der Waals surface area contributed by atoms with Crippen LogP contribution in [0.3, 0.4) is 0 Å². The summed E-state index contributed by atoms with van der Waals surface area (Å²) in [5, 5.41) is 12.8. The minimum Gasteiger partial charge on any atom is -0.451 e. The first-order valence-electron chi connectivity index (χ1n) is 8.10. The number of ether oxygens (including phenoxy) is 1. The maximum absolute atomic E-state index is 12.8. The number of benzene rings is 1. The molecule has 0 bridgehead atoms. The number of nitrogens with one attached hydrogen (secondary N) is 1. The third-order valence-electron chi connectivity index (χ3n) is 3.94. The quantitative estimate of drug-likeness (QED) is 0.669. The normalized spacial score (nSPS) is 22.0. The molecule has 1 aliphatic rings. The van der Waals surface area contributed by atoms with E-state index in [4.69, 9.17) is 16.3 Å². The molecule has 1 aromatic rings. The maximum atomic E-state index is 12.8. The summed E-state index contributed by atoms with van der Waals surface area (Å²) in [5.41, 5.74) is 0. The topological polar surface area (TPSA) is 113 Å². The average molecular weight is 405 g/mol. The summed E-state index contributed by atoms with van der Waals surface area (Å²) in [4.78, 5) is 24.1. The fraction of sp³-hybridized carbons (Fsp3) is 0.500. The van der Waals surface area contributed by atoms with Crippen LogP contribution in [0.4, 0.5) is 0 Å². The molecule has 0 radical (unpaired) electrons. The molecule has 1 aliphatic heterocycles. The molecular weight excluding hydrogens is 384 g/mol. The Morgan fingerprint density at radius 3 is 2.58 bits per heavy atom. The molecule has 1 amide bonds. The van der Waals surface area contributed by atoms with Gasteiger partial charge in [-0.25, -0.2) is 8.42 Å². The molecule has 1 heterocycles. The number of carbonyl (C=O) groups excluding carboxylic acids is 2. The fourth-order valence-corrected chi connectivity index (χ4v) is 4.38. The van der Waals surface area contributed by atoms with Gasteiger partial charge in [0.15, 0.2) is 6.10 Å². The number of hydrogen-bond acceptors (Lipinski definition) is 6. The zero-order chi connectivity index (χ0) is 19.5. The number of aliphatic hydroxyl groups excluding tert-OH is 1. The Morgan fingerprint density at radius 1 is 1.38 bits per heavy atom. The molecule has 10 heteroatoms. The number of aliphatic hydroxyl groups is 1. The van der Waals surface area contributed by atoms with Gasteiger partial charge < -0.3 is 15.2 Å². The number of carbonyl (C=O) groups is 2. The van der Waals surface area contributed by atoms with Crippen molar-refractivity contribution in [3.8, 4) is 0 Å². The molecule has 8 nitrogen and oxygen atoms in total. The van der Waals surface area contributed by atoms with Crippen LogP contribution in [0, 0.1) is 0 Å². The summed E-state index contributed by atoms with van der Waals surface area (Å²) in [6, 6.07) is 4.28. The lowest BCUT2D eigenvalue weighted by Crippen LogP contribution is -2.44. The zero-order valence-corrected chi connectivity index (χ0v) is 16.0. The Kier molecular flexibility index (Phi) is 6.62. The second-order valence-electron chi connectivity index (χ2n) is 5.91. The number of nitrogens with zero attached hydrogens (tertiary/aromatic N) is 1. The Hall–Kier alpha value is -1.68. The Bertz CT molecular complexity index is 767. The molecule has 3 atom stereocenters. The first kappa shape index (κ1) is 20.6. The number of halogens is 1. The molecule has 0 saturated carbocycles. The minimum atomic E-state index is -4.04. The predicted molar refractivity (Wildman–Crippen MR) is 94.0 cm³/mol. The highest BCUT2D eigenvalue weighted by Crippen LogP contribution is 2.28. The van der Waals surface area contributed by atoms with Crippen LogP contribution in [0.2, 0.25) is 5.02 Å². The van der Waals surface area contributed by atoms with Gasteiger partial charge in [-0.1, -0.05) is 11.6 Å². The van der Waals surface area contributed by atoms with Crippen molar-refractivity contribution >= 4 is 33.5 Å². The van der Waals surface area contributed by atoms with Gasteiger partial charge in [-0.2, -0.15) is 4.31 Å². The van der Waals surface area contributed by atoms with E-state index in [2.05, 4.69) is 5.32 Å². The van der Waals surface area contributed by atoms with Crippen LogP contribution in [0.5, 0.6) is 0 Å². The van der Waals surface area contributed by atoms with Crippen molar-refractivity contribution in [2.24, 2.45) is 0 Å². The first-order chi connectivity index (χ1) is 12.2. The molecule has 144 valence electrons. The molecule has 0 spiro atoms. The number of sulfonamides is 1.